The van der Waals surface area contributed by atoms with Crippen LogP contribution in [0.15, 0.2) is 24.3 Å². The largest absolute Gasteiger partial charge is 0.481 e. The average Bonchev–Trinajstić information content (AvgIpc) is 3.59. The first-order valence-corrected chi connectivity index (χ1v) is 12.8. The van der Waals surface area contributed by atoms with E-state index in [1.165, 1.54) is 18.2 Å². The normalized spacial score (nSPS) is 24.7. The summed E-state index contributed by atoms with van der Waals surface area (Å²) in [5.74, 6) is -2.73. The Balaban J connectivity index is 1.63. The fourth-order valence-corrected chi connectivity index (χ4v) is 6.15. The van der Waals surface area contributed by atoms with Crippen LogP contribution in [-0.2, 0) is 27.8 Å². The average molecular weight is 535 g/mol. The van der Waals surface area contributed by atoms with Crippen molar-refractivity contribution >= 4 is 35.3 Å². The molecular weight excluding hydrogens is 509 g/mol. The van der Waals surface area contributed by atoms with Gasteiger partial charge in [0.25, 0.3) is 5.91 Å². The summed E-state index contributed by atoms with van der Waals surface area (Å²) in [6, 6.07) is 4.12. The van der Waals surface area contributed by atoms with Crippen molar-refractivity contribution in [2.75, 3.05) is 0 Å². The zero-order valence-corrected chi connectivity index (χ0v) is 20.9. The number of aldehydes is 1. The smallest absolute Gasteiger partial charge is 0.398 e. The number of hydrogen-bond acceptors (Lipinski definition) is 4. The molecular formula is C27H26ClF3N2O4. The summed E-state index contributed by atoms with van der Waals surface area (Å²) in [6.07, 6.45) is 0.0572. The molecule has 3 aliphatic rings. The lowest BCUT2D eigenvalue weighted by atomic mass is 9.79. The highest BCUT2D eigenvalue weighted by molar-refractivity contribution is 6.34. The van der Waals surface area contributed by atoms with Gasteiger partial charge in [0, 0.05) is 11.5 Å². The third-order valence-electron chi connectivity index (χ3n) is 8.18. The molecule has 0 radical (unpaired) electrons. The van der Waals surface area contributed by atoms with Gasteiger partial charge in [-0.2, -0.15) is 23.0 Å². The van der Waals surface area contributed by atoms with Crippen molar-refractivity contribution in [1.29, 1.82) is 0 Å². The number of carboxylic acids is 1. The van der Waals surface area contributed by atoms with Crippen LogP contribution in [0.25, 0.3) is 5.57 Å². The van der Waals surface area contributed by atoms with Gasteiger partial charge >= 0.3 is 12.1 Å². The van der Waals surface area contributed by atoms with Crippen LogP contribution in [-0.4, -0.2) is 39.2 Å². The van der Waals surface area contributed by atoms with Gasteiger partial charge in [0.2, 0.25) is 0 Å². The third kappa shape index (κ3) is 4.21. The molecule has 3 aliphatic carbocycles. The van der Waals surface area contributed by atoms with E-state index in [0.29, 0.717) is 37.1 Å². The highest BCUT2D eigenvalue weighted by atomic mass is 35.5. The van der Waals surface area contributed by atoms with E-state index < -0.39 is 29.4 Å². The Morgan fingerprint density at radius 2 is 1.95 bits per heavy atom. The van der Waals surface area contributed by atoms with E-state index in [9.17, 15) is 32.7 Å². The highest BCUT2D eigenvalue weighted by Gasteiger charge is 2.65. The number of benzene rings is 1. The fraction of sp³-hybridized carbons (Fsp3) is 0.481. The molecule has 0 bridgehead atoms. The highest BCUT2D eigenvalue weighted by Crippen LogP contribution is 2.60. The van der Waals surface area contributed by atoms with Crippen LogP contribution in [0.4, 0.5) is 13.2 Å². The SMILES string of the molecule is C[C@H]1C=C(c2nn(C(=O)c3c(Cl)cccc3C3(C(F)(F)F)CC3)c3c2CCC(C=O)C3)CC[C@H]1C(=O)O. The Bertz CT molecular complexity index is 1330. The van der Waals surface area contributed by atoms with Gasteiger partial charge in [-0.3, -0.25) is 9.59 Å². The van der Waals surface area contributed by atoms with E-state index in [2.05, 4.69) is 5.10 Å². The predicted molar refractivity (Wildman–Crippen MR) is 129 cm³/mol. The molecule has 37 heavy (non-hydrogen) atoms. The number of carbonyl (C=O) groups excluding carboxylic acids is 2. The molecule has 196 valence electrons. The minimum atomic E-state index is -4.53. The molecule has 1 heterocycles. The molecule has 6 nitrogen and oxygen atoms in total. The number of carboxylic acid groups (broad SMARTS) is 1. The van der Waals surface area contributed by atoms with Crippen LogP contribution in [0.2, 0.25) is 5.02 Å². The number of alkyl halides is 3. The van der Waals surface area contributed by atoms with Crippen LogP contribution in [0.3, 0.4) is 0 Å². The molecule has 5 rings (SSSR count). The van der Waals surface area contributed by atoms with Crippen LogP contribution < -0.4 is 0 Å². The number of aromatic nitrogens is 2. The number of nitrogens with zero attached hydrogens (tertiary/aromatic N) is 2. The van der Waals surface area contributed by atoms with Crippen molar-refractivity contribution in [3.8, 4) is 0 Å². The van der Waals surface area contributed by atoms with Gasteiger partial charge < -0.3 is 9.90 Å². The Morgan fingerprint density at radius 1 is 1.22 bits per heavy atom. The lowest BCUT2D eigenvalue weighted by Gasteiger charge is -2.25. The molecule has 1 aromatic carbocycles. The molecule has 10 heteroatoms. The van der Waals surface area contributed by atoms with Crippen molar-refractivity contribution in [3.05, 3.63) is 57.4 Å². The lowest BCUT2D eigenvalue weighted by molar-refractivity contribution is -0.160. The van der Waals surface area contributed by atoms with Crippen LogP contribution in [0.1, 0.15) is 71.9 Å². The van der Waals surface area contributed by atoms with E-state index in [-0.39, 0.29) is 47.2 Å². The maximum absolute atomic E-state index is 14.0. The first-order chi connectivity index (χ1) is 17.5. The van der Waals surface area contributed by atoms with Crippen LogP contribution in [0, 0.1) is 17.8 Å². The van der Waals surface area contributed by atoms with Gasteiger partial charge in [-0.05, 0) is 68.1 Å². The molecule has 1 fully saturated rings. The zero-order valence-electron chi connectivity index (χ0n) is 20.1. The number of carbonyl (C=O) groups is 3. The summed E-state index contributed by atoms with van der Waals surface area (Å²) in [7, 11) is 0. The molecule has 1 N–H and O–H groups in total. The van der Waals surface area contributed by atoms with Crippen molar-refractivity contribution < 1.29 is 32.7 Å². The summed E-state index contributed by atoms with van der Waals surface area (Å²) >= 11 is 6.37. The summed E-state index contributed by atoms with van der Waals surface area (Å²) in [4.78, 5) is 37.1. The van der Waals surface area contributed by atoms with Crippen molar-refractivity contribution in [2.24, 2.45) is 17.8 Å². The summed E-state index contributed by atoms with van der Waals surface area (Å²) in [5.41, 5.74) is 0.156. The zero-order chi connectivity index (χ0) is 26.7. The molecule has 0 saturated heterocycles. The van der Waals surface area contributed by atoms with Gasteiger partial charge in [-0.25, -0.2) is 0 Å². The van der Waals surface area contributed by atoms with Crippen LogP contribution in [0.5, 0.6) is 0 Å². The topological polar surface area (TPSA) is 89.3 Å². The van der Waals surface area contributed by atoms with Crippen LogP contribution >= 0.6 is 11.6 Å². The number of fused-ring (bicyclic) bond motifs is 1. The molecule has 1 aromatic heterocycles. The minimum absolute atomic E-state index is 0.0821. The lowest BCUT2D eigenvalue weighted by Crippen LogP contribution is -2.32. The predicted octanol–water partition coefficient (Wildman–Crippen LogP) is 5.64. The fourth-order valence-electron chi connectivity index (χ4n) is 5.89. The first-order valence-electron chi connectivity index (χ1n) is 12.4. The second kappa shape index (κ2) is 9.11. The van der Waals surface area contributed by atoms with Crippen molar-refractivity contribution in [3.63, 3.8) is 0 Å². The van der Waals surface area contributed by atoms with Crippen molar-refractivity contribution in [1.82, 2.24) is 9.78 Å². The Hall–Kier alpha value is -2.94. The van der Waals surface area contributed by atoms with Gasteiger partial charge in [0.1, 0.15) is 6.29 Å². The van der Waals surface area contributed by atoms with E-state index in [1.807, 2.05) is 13.0 Å². The van der Waals surface area contributed by atoms with Crippen molar-refractivity contribution in [2.45, 2.75) is 63.5 Å². The monoisotopic (exact) mass is 534 g/mol. The number of aliphatic carboxylic acids is 1. The molecule has 0 aliphatic heterocycles. The third-order valence-corrected chi connectivity index (χ3v) is 8.49. The summed E-state index contributed by atoms with van der Waals surface area (Å²) in [6.45, 7) is 1.82. The molecule has 0 spiro atoms. The number of rotatable bonds is 5. The molecule has 1 unspecified atom stereocenters. The number of allylic oxidation sites excluding steroid dienone is 2. The summed E-state index contributed by atoms with van der Waals surface area (Å²) < 4.78 is 43.2. The summed E-state index contributed by atoms with van der Waals surface area (Å²) in [5, 5.41) is 14.0. The molecule has 3 atom stereocenters. The van der Waals surface area contributed by atoms with Gasteiger partial charge in [0.15, 0.2) is 0 Å². The van der Waals surface area contributed by atoms with E-state index >= 15 is 0 Å². The molecule has 2 aromatic rings. The Morgan fingerprint density at radius 3 is 2.54 bits per heavy atom. The molecule has 0 amide bonds. The first kappa shape index (κ1) is 25.7. The Kier molecular flexibility index (Phi) is 6.33. The van der Waals surface area contributed by atoms with E-state index in [0.717, 1.165) is 22.1 Å². The van der Waals surface area contributed by atoms with Gasteiger partial charge in [0.05, 0.1) is 33.3 Å². The quantitative estimate of drug-likeness (QED) is 0.502. The standard InChI is InChI=1S/C27H26ClF3N2O4/c1-14-11-16(6-8-17(14)25(36)37)23-18-7-5-15(13-34)12-21(18)33(32-23)24(35)22-19(3-2-4-20(22)28)26(9-10-26)27(29,30)31/h2-4,11,13-15,17H,5-10,12H2,1H3,(H,36,37)/t14-,15?,17+/m0/s1. The van der Waals surface area contributed by atoms with Gasteiger partial charge in [-0.15, -0.1) is 0 Å². The maximum Gasteiger partial charge on any atom is 0.398 e. The van der Waals surface area contributed by atoms with E-state index in [4.69, 9.17) is 11.6 Å². The number of halogens is 4. The second-order valence-corrected chi connectivity index (χ2v) is 10.8. The maximum atomic E-state index is 14.0. The number of hydrogen-bond donors (Lipinski definition) is 1. The molecule has 1 saturated carbocycles. The van der Waals surface area contributed by atoms with Gasteiger partial charge in [-0.1, -0.05) is 36.7 Å². The minimum Gasteiger partial charge on any atom is -0.481 e. The second-order valence-electron chi connectivity index (χ2n) is 10.4. The van der Waals surface area contributed by atoms with E-state index in [1.54, 1.807) is 0 Å². The Labute approximate surface area is 216 Å².